The minimum absolute atomic E-state index is 0.0327. The number of aliphatic imine (C=N–C) groups is 1. The standard InChI is InChI=1S/C19H18FN3O3S2/c20-14-6-4-12(5-7-14)9-21-18(24)13-2-1-3-15(8-13)22-19-23-16-10-28(25,26)11-17(16)27-19/h1-8,16-17H,9-11H2,(H,21,24)(H,22,23)/t16-,17+/m0/s1. The highest BCUT2D eigenvalue weighted by Crippen LogP contribution is 2.34. The minimum Gasteiger partial charge on any atom is -0.348 e. The van der Waals surface area contributed by atoms with Gasteiger partial charge in [0.1, 0.15) is 5.82 Å². The number of hydrogen-bond donors (Lipinski definition) is 2. The van der Waals surface area contributed by atoms with E-state index in [0.717, 1.165) is 5.56 Å². The van der Waals surface area contributed by atoms with E-state index in [2.05, 4.69) is 15.6 Å². The first kappa shape index (κ1) is 18.9. The van der Waals surface area contributed by atoms with Gasteiger partial charge in [-0.05, 0) is 35.9 Å². The Morgan fingerprint density at radius 2 is 1.96 bits per heavy atom. The van der Waals surface area contributed by atoms with Crippen LogP contribution in [0.5, 0.6) is 0 Å². The van der Waals surface area contributed by atoms with Crippen LogP contribution in [0.25, 0.3) is 0 Å². The van der Waals surface area contributed by atoms with Gasteiger partial charge >= 0.3 is 0 Å². The number of anilines is 1. The molecule has 0 bridgehead atoms. The normalized spacial score (nSPS) is 22.4. The molecule has 9 heteroatoms. The van der Waals surface area contributed by atoms with Gasteiger partial charge < -0.3 is 10.6 Å². The van der Waals surface area contributed by atoms with E-state index in [4.69, 9.17) is 0 Å². The van der Waals surface area contributed by atoms with E-state index in [1.165, 1.54) is 23.9 Å². The number of rotatable bonds is 4. The van der Waals surface area contributed by atoms with Crippen molar-refractivity contribution in [1.29, 1.82) is 0 Å². The summed E-state index contributed by atoms with van der Waals surface area (Å²) in [6, 6.07) is 12.8. The maximum absolute atomic E-state index is 12.9. The summed E-state index contributed by atoms with van der Waals surface area (Å²) in [7, 11) is -2.98. The number of amides is 1. The van der Waals surface area contributed by atoms with Gasteiger partial charge in [-0.2, -0.15) is 0 Å². The second-order valence-electron chi connectivity index (χ2n) is 6.75. The predicted molar refractivity (Wildman–Crippen MR) is 109 cm³/mol. The van der Waals surface area contributed by atoms with Crippen molar-refractivity contribution >= 4 is 38.4 Å². The molecule has 0 aliphatic carbocycles. The van der Waals surface area contributed by atoms with Gasteiger partial charge in [0.15, 0.2) is 15.0 Å². The van der Waals surface area contributed by atoms with Crippen LogP contribution in [-0.2, 0) is 16.4 Å². The highest BCUT2D eigenvalue weighted by molar-refractivity contribution is 8.15. The average molecular weight is 420 g/mol. The van der Waals surface area contributed by atoms with Crippen molar-refractivity contribution in [1.82, 2.24) is 5.32 Å². The first-order valence-electron chi connectivity index (χ1n) is 8.73. The van der Waals surface area contributed by atoms with Crippen LogP contribution < -0.4 is 10.6 Å². The highest BCUT2D eigenvalue weighted by atomic mass is 32.2. The summed E-state index contributed by atoms with van der Waals surface area (Å²) < 4.78 is 36.2. The third-order valence-electron chi connectivity index (χ3n) is 4.56. The van der Waals surface area contributed by atoms with E-state index in [9.17, 15) is 17.6 Å². The van der Waals surface area contributed by atoms with Gasteiger partial charge in [0.2, 0.25) is 0 Å². The number of sulfone groups is 1. The minimum atomic E-state index is -2.98. The van der Waals surface area contributed by atoms with E-state index >= 15 is 0 Å². The lowest BCUT2D eigenvalue weighted by atomic mass is 10.1. The van der Waals surface area contributed by atoms with Gasteiger partial charge in [-0.25, -0.2) is 12.8 Å². The summed E-state index contributed by atoms with van der Waals surface area (Å²) in [4.78, 5) is 16.8. The van der Waals surface area contributed by atoms with E-state index in [0.29, 0.717) is 23.0 Å². The SMILES string of the molecule is O=C(NCc1ccc(F)cc1)c1cccc(NC2=N[C@H]3CS(=O)(=O)C[C@H]3S2)c1. The number of benzene rings is 2. The summed E-state index contributed by atoms with van der Waals surface area (Å²) >= 11 is 1.43. The molecule has 0 unspecified atom stereocenters. The fourth-order valence-corrected chi connectivity index (χ4v) is 6.84. The van der Waals surface area contributed by atoms with Crippen molar-refractivity contribution in [3.05, 3.63) is 65.5 Å². The zero-order chi connectivity index (χ0) is 19.7. The van der Waals surface area contributed by atoms with Crippen LogP contribution in [0.2, 0.25) is 0 Å². The number of amidine groups is 1. The lowest BCUT2D eigenvalue weighted by Gasteiger charge is -2.09. The Balaban J connectivity index is 1.38. The molecule has 146 valence electrons. The number of nitrogens with one attached hydrogen (secondary N) is 2. The quantitative estimate of drug-likeness (QED) is 0.795. The van der Waals surface area contributed by atoms with Crippen molar-refractivity contribution in [3.63, 3.8) is 0 Å². The molecule has 0 saturated carbocycles. The molecule has 2 heterocycles. The van der Waals surface area contributed by atoms with E-state index in [-0.39, 0.29) is 34.5 Å². The number of thioether (sulfide) groups is 1. The van der Waals surface area contributed by atoms with E-state index < -0.39 is 9.84 Å². The second kappa shape index (κ2) is 7.56. The first-order chi connectivity index (χ1) is 13.4. The number of carbonyl (C=O) groups excluding carboxylic acids is 1. The van der Waals surface area contributed by atoms with Crippen LogP contribution in [0.4, 0.5) is 10.1 Å². The Kier molecular flexibility index (Phi) is 5.11. The monoisotopic (exact) mass is 419 g/mol. The van der Waals surface area contributed by atoms with Crippen LogP contribution in [0, 0.1) is 5.82 Å². The molecule has 4 rings (SSSR count). The molecule has 2 aromatic carbocycles. The summed E-state index contributed by atoms with van der Waals surface area (Å²) in [6.07, 6.45) is 0. The lowest BCUT2D eigenvalue weighted by Crippen LogP contribution is -2.23. The number of nitrogens with zero attached hydrogens (tertiary/aromatic N) is 1. The summed E-state index contributed by atoms with van der Waals surface area (Å²) in [5.41, 5.74) is 2.00. The molecule has 28 heavy (non-hydrogen) atoms. The number of hydrogen-bond acceptors (Lipinski definition) is 6. The Hall–Kier alpha value is -2.39. The maximum atomic E-state index is 12.9. The van der Waals surface area contributed by atoms with Crippen LogP contribution in [0.1, 0.15) is 15.9 Å². The van der Waals surface area contributed by atoms with Crippen molar-refractivity contribution in [2.75, 3.05) is 16.8 Å². The molecule has 6 nitrogen and oxygen atoms in total. The van der Waals surface area contributed by atoms with E-state index in [1.54, 1.807) is 30.3 Å². The number of halogens is 1. The van der Waals surface area contributed by atoms with Crippen LogP contribution in [0.3, 0.4) is 0 Å². The molecule has 2 aliphatic heterocycles. The van der Waals surface area contributed by atoms with Gasteiger partial charge in [-0.1, -0.05) is 30.0 Å². The Morgan fingerprint density at radius 1 is 1.18 bits per heavy atom. The summed E-state index contributed by atoms with van der Waals surface area (Å²) in [5.74, 6) is -0.301. The topological polar surface area (TPSA) is 87.6 Å². The van der Waals surface area contributed by atoms with Crippen molar-refractivity contribution in [2.24, 2.45) is 4.99 Å². The fourth-order valence-electron chi connectivity index (χ4n) is 3.16. The molecular weight excluding hydrogens is 401 g/mol. The lowest BCUT2D eigenvalue weighted by molar-refractivity contribution is 0.0951. The first-order valence-corrected chi connectivity index (χ1v) is 11.4. The summed E-state index contributed by atoms with van der Waals surface area (Å²) in [6.45, 7) is 0.303. The third-order valence-corrected chi connectivity index (χ3v) is 7.70. The van der Waals surface area contributed by atoms with Crippen molar-refractivity contribution in [2.45, 2.75) is 17.8 Å². The second-order valence-corrected chi connectivity index (χ2v) is 10.1. The molecule has 2 aliphatic rings. The van der Waals surface area contributed by atoms with Gasteiger partial charge in [-0.3, -0.25) is 9.79 Å². The van der Waals surface area contributed by atoms with Gasteiger partial charge in [0.25, 0.3) is 5.91 Å². The van der Waals surface area contributed by atoms with Gasteiger partial charge in [0.05, 0.1) is 17.5 Å². The third kappa shape index (κ3) is 4.36. The molecule has 2 atom stereocenters. The van der Waals surface area contributed by atoms with Crippen LogP contribution in [0.15, 0.2) is 53.5 Å². The molecule has 1 fully saturated rings. The Labute approximate surface area is 166 Å². The van der Waals surface area contributed by atoms with Gasteiger partial charge in [0, 0.05) is 23.0 Å². The van der Waals surface area contributed by atoms with Crippen molar-refractivity contribution < 1.29 is 17.6 Å². The molecule has 2 N–H and O–H groups in total. The Bertz CT molecular complexity index is 1040. The van der Waals surface area contributed by atoms with E-state index in [1.807, 2.05) is 6.07 Å². The molecule has 0 radical (unpaired) electrons. The molecular formula is C19H18FN3O3S2. The Morgan fingerprint density at radius 3 is 2.71 bits per heavy atom. The smallest absolute Gasteiger partial charge is 0.251 e. The molecule has 2 aromatic rings. The zero-order valence-corrected chi connectivity index (χ0v) is 16.4. The number of carbonyl (C=O) groups is 1. The molecule has 0 aromatic heterocycles. The average Bonchev–Trinajstić information content (AvgIpc) is 3.13. The number of fused-ring (bicyclic) bond motifs is 1. The molecule has 1 saturated heterocycles. The fraction of sp³-hybridized carbons (Fsp3) is 0.263. The van der Waals surface area contributed by atoms with Crippen LogP contribution >= 0.6 is 11.8 Å². The molecule has 1 amide bonds. The molecule has 0 spiro atoms. The van der Waals surface area contributed by atoms with Crippen molar-refractivity contribution in [3.8, 4) is 0 Å². The summed E-state index contributed by atoms with van der Waals surface area (Å²) in [5, 5.41) is 6.62. The maximum Gasteiger partial charge on any atom is 0.251 e. The highest BCUT2D eigenvalue weighted by Gasteiger charge is 2.42. The van der Waals surface area contributed by atoms with Gasteiger partial charge in [-0.15, -0.1) is 0 Å². The predicted octanol–water partition coefficient (Wildman–Crippen LogP) is 2.44. The largest absolute Gasteiger partial charge is 0.348 e. The van der Waals surface area contributed by atoms with Crippen LogP contribution in [-0.4, -0.2) is 42.3 Å². The zero-order valence-electron chi connectivity index (χ0n) is 14.8.